The Kier molecular flexibility index (Phi) is 7.39. The first-order valence-electron chi connectivity index (χ1n) is 12.7. The van der Waals surface area contributed by atoms with Crippen LogP contribution in [0.5, 0.6) is 0 Å². The summed E-state index contributed by atoms with van der Waals surface area (Å²) < 4.78 is 21.8. The van der Waals surface area contributed by atoms with Crippen molar-refractivity contribution in [3.63, 3.8) is 0 Å². The summed E-state index contributed by atoms with van der Waals surface area (Å²) in [6.07, 6.45) is 4.81. The molecule has 5 rings (SSSR count). The lowest BCUT2D eigenvalue weighted by molar-refractivity contribution is 0.0653. The van der Waals surface area contributed by atoms with Gasteiger partial charge < -0.3 is 4.74 Å². The zero-order chi connectivity index (χ0) is 24.0. The summed E-state index contributed by atoms with van der Waals surface area (Å²) in [5, 5.41) is 5.05. The third kappa shape index (κ3) is 5.71. The van der Waals surface area contributed by atoms with Gasteiger partial charge in [-0.2, -0.15) is 5.10 Å². The van der Waals surface area contributed by atoms with Gasteiger partial charge in [0.05, 0.1) is 6.61 Å². The minimum atomic E-state index is -0.226. The monoisotopic (exact) mass is 468 g/mol. The van der Waals surface area contributed by atoms with E-state index in [-0.39, 0.29) is 5.82 Å². The largest absolute Gasteiger partial charge is 0.376 e. The smallest absolute Gasteiger partial charge is 0.123 e. The number of ether oxygens (including phenoxy) is 1. The minimum absolute atomic E-state index is 0.226. The Bertz CT molecular complexity index is 1210. The maximum atomic E-state index is 13.6. The molecule has 0 radical (unpaired) electrons. The lowest BCUT2D eigenvalue weighted by Crippen LogP contribution is -2.22. The number of aromatic nitrogens is 2. The Labute approximate surface area is 207 Å². The molecule has 0 spiro atoms. The van der Waals surface area contributed by atoms with Crippen LogP contribution in [0.15, 0.2) is 84.9 Å². The molecule has 3 nitrogen and oxygen atoms in total. The summed E-state index contributed by atoms with van der Waals surface area (Å²) in [5.41, 5.74) is 6.57. The van der Waals surface area contributed by atoms with Crippen LogP contribution >= 0.6 is 0 Å². The highest BCUT2D eigenvalue weighted by Gasteiger charge is 2.24. The van der Waals surface area contributed by atoms with E-state index in [4.69, 9.17) is 9.84 Å². The molecule has 1 aromatic heterocycles. The van der Waals surface area contributed by atoms with Gasteiger partial charge >= 0.3 is 0 Å². The van der Waals surface area contributed by atoms with Crippen molar-refractivity contribution in [3.8, 4) is 22.4 Å². The molecule has 1 fully saturated rings. The Morgan fingerprint density at radius 2 is 1.43 bits per heavy atom. The first-order valence-corrected chi connectivity index (χ1v) is 12.7. The van der Waals surface area contributed by atoms with Crippen molar-refractivity contribution in [1.29, 1.82) is 0 Å². The maximum Gasteiger partial charge on any atom is 0.123 e. The molecule has 1 aliphatic rings. The second kappa shape index (κ2) is 11.0. The molecule has 0 bridgehead atoms. The zero-order valence-corrected chi connectivity index (χ0v) is 20.4. The second-order valence-electron chi connectivity index (χ2n) is 9.75. The van der Waals surface area contributed by atoms with Gasteiger partial charge in [0.2, 0.25) is 0 Å². The SMILES string of the molecule is Cc1c(-c2ccccc2)c(-c2ccc(F)cc2)nn1CC1CCC(COCc2ccccc2)CC1. The highest BCUT2D eigenvalue weighted by molar-refractivity contribution is 5.82. The van der Waals surface area contributed by atoms with Crippen molar-refractivity contribution in [2.75, 3.05) is 6.61 Å². The van der Waals surface area contributed by atoms with Crippen LogP contribution < -0.4 is 0 Å². The number of rotatable bonds is 8. The summed E-state index contributed by atoms with van der Waals surface area (Å²) in [7, 11) is 0. The normalized spacial score (nSPS) is 18.0. The van der Waals surface area contributed by atoms with E-state index >= 15 is 0 Å². The highest BCUT2D eigenvalue weighted by atomic mass is 19.1. The van der Waals surface area contributed by atoms with Crippen molar-refractivity contribution in [1.82, 2.24) is 9.78 Å². The Morgan fingerprint density at radius 3 is 2.11 bits per heavy atom. The molecule has 4 heteroatoms. The Morgan fingerprint density at radius 1 is 0.800 bits per heavy atom. The van der Waals surface area contributed by atoms with E-state index < -0.39 is 0 Å². The molecule has 4 aromatic rings. The van der Waals surface area contributed by atoms with Gasteiger partial charge in [-0.25, -0.2) is 4.39 Å². The van der Waals surface area contributed by atoms with Gasteiger partial charge in [-0.1, -0.05) is 60.7 Å². The quantitative estimate of drug-likeness (QED) is 0.265. The first kappa shape index (κ1) is 23.5. The van der Waals surface area contributed by atoms with E-state index in [0.29, 0.717) is 18.4 Å². The molecule has 1 heterocycles. The van der Waals surface area contributed by atoms with Crippen LogP contribution in [0.25, 0.3) is 22.4 Å². The Hall–Kier alpha value is -3.24. The van der Waals surface area contributed by atoms with Crippen molar-refractivity contribution in [2.24, 2.45) is 11.8 Å². The summed E-state index contributed by atoms with van der Waals surface area (Å²) in [6.45, 7) is 4.62. The van der Waals surface area contributed by atoms with Gasteiger partial charge in [0.1, 0.15) is 11.5 Å². The van der Waals surface area contributed by atoms with E-state index in [9.17, 15) is 4.39 Å². The number of benzene rings is 3. The van der Waals surface area contributed by atoms with Crippen molar-refractivity contribution in [3.05, 3.63) is 102 Å². The summed E-state index contributed by atoms with van der Waals surface area (Å²) in [6, 6.07) is 27.5. The van der Waals surface area contributed by atoms with E-state index in [1.165, 1.54) is 49.1 Å². The van der Waals surface area contributed by atoms with Gasteiger partial charge in [-0.15, -0.1) is 0 Å². The van der Waals surface area contributed by atoms with Gasteiger partial charge in [0, 0.05) is 30.0 Å². The summed E-state index contributed by atoms with van der Waals surface area (Å²) >= 11 is 0. The zero-order valence-electron chi connectivity index (χ0n) is 20.4. The molecule has 1 saturated carbocycles. The first-order chi connectivity index (χ1) is 17.2. The number of hydrogen-bond donors (Lipinski definition) is 0. The standard InChI is InChI=1S/C31H33FN2O/c1-23-30(27-10-6-3-7-11-27)31(28-16-18-29(32)19-17-28)33-34(23)20-24-12-14-26(15-13-24)22-35-21-25-8-4-2-5-9-25/h2-11,16-19,24,26H,12-15,20-22H2,1H3. The fraction of sp³-hybridized carbons (Fsp3) is 0.323. The Balaban J connectivity index is 1.25. The average molecular weight is 469 g/mol. The van der Waals surface area contributed by atoms with Crippen LogP contribution in [-0.2, 0) is 17.9 Å². The molecule has 0 unspecified atom stereocenters. The molecule has 0 atom stereocenters. The molecule has 35 heavy (non-hydrogen) atoms. The fourth-order valence-electron chi connectivity index (χ4n) is 5.23. The predicted octanol–water partition coefficient (Wildman–Crippen LogP) is 7.69. The van der Waals surface area contributed by atoms with Gasteiger partial charge in [-0.3, -0.25) is 4.68 Å². The third-order valence-electron chi connectivity index (χ3n) is 7.25. The molecule has 0 aliphatic heterocycles. The molecule has 0 amide bonds. The van der Waals surface area contributed by atoms with Crippen molar-refractivity contribution >= 4 is 0 Å². The van der Waals surface area contributed by atoms with Crippen molar-refractivity contribution < 1.29 is 9.13 Å². The predicted molar refractivity (Wildman–Crippen MR) is 139 cm³/mol. The molecule has 3 aromatic carbocycles. The average Bonchev–Trinajstić information content (AvgIpc) is 3.22. The molecule has 0 N–H and O–H groups in total. The lowest BCUT2D eigenvalue weighted by Gasteiger charge is -2.28. The van der Waals surface area contributed by atoms with E-state index in [2.05, 4.69) is 60.1 Å². The third-order valence-corrected chi connectivity index (χ3v) is 7.25. The van der Waals surface area contributed by atoms with Crippen LogP contribution in [0.3, 0.4) is 0 Å². The van der Waals surface area contributed by atoms with Crippen LogP contribution in [0, 0.1) is 24.6 Å². The topological polar surface area (TPSA) is 27.1 Å². The van der Waals surface area contributed by atoms with Crippen LogP contribution in [0.1, 0.15) is 36.9 Å². The minimum Gasteiger partial charge on any atom is -0.376 e. The number of hydrogen-bond acceptors (Lipinski definition) is 2. The van der Waals surface area contributed by atoms with Crippen molar-refractivity contribution in [2.45, 2.75) is 45.8 Å². The molecular weight excluding hydrogens is 435 g/mol. The van der Waals surface area contributed by atoms with Gasteiger partial charge in [-0.05, 0) is 79.8 Å². The number of halogens is 1. The van der Waals surface area contributed by atoms with Crippen LogP contribution in [0.2, 0.25) is 0 Å². The number of nitrogens with zero attached hydrogens (tertiary/aromatic N) is 2. The van der Waals surface area contributed by atoms with E-state index in [1.807, 2.05) is 24.3 Å². The van der Waals surface area contributed by atoms with Crippen LogP contribution in [-0.4, -0.2) is 16.4 Å². The molecule has 0 saturated heterocycles. The lowest BCUT2D eigenvalue weighted by atomic mass is 9.82. The molecular formula is C31H33FN2O. The fourth-order valence-corrected chi connectivity index (χ4v) is 5.23. The maximum absolute atomic E-state index is 13.6. The molecule has 180 valence electrons. The van der Waals surface area contributed by atoms with Crippen LogP contribution in [0.4, 0.5) is 4.39 Å². The van der Waals surface area contributed by atoms with Gasteiger partial charge in [0.15, 0.2) is 0 Å². The van der Waals surface area contributed by atoms with E-state index in [1.54, 1.807) is 0 Å². The molecule has 1 aliphatic carbocycles. The second-order valence-corrected chi connectivity index (χ2v) is 9.75. The highest BCUT2D eigenvalue weighted by Crippen LogP contribution is 2.36. The van der Waals surface area contributed by atoms with E-state index in [0.717, 1.165) is 35.5 Å². The summed E-state index contributed by atoms with van der Waals surface area (Å²) in [4.78, 5) is 0. The summed E-state index contributed by atoms with van der Waals surface area (Å²) in [5.74, 6) is 1.03. The van der Waals surface area contributed by atoms with Gasteiger partial charge in [0.25, 0.3) is 0 Å².